The molecule has 7 nitrogen and oxygen atoms in total. The van der Waals surface area contributed by atoms with Gasteiger partial charge < -0.3 is 0 Å². The number of nitrogens with one attached hydrogen (secondary N) is 3. The summed E-state index contributed by atoms with van der Waals surface area (Å²) in [6.45, 7) is 0. The molecule has 0 saturated carbocycles. The first-order valence-corrected chi connectivity index (χ1v) is 9.05. The maximum Gasteiger partial charge on any atom is 0.417 e. The molecule has 29 heavy (non-hydrogen) atoms. The van der Waals surface area contributed by atoms with E-state index >= 15 is 0 Å². The smallest absolute Gasteiger partial charge is 0.279 e. The lowest BCUT2D eigenvalue weighted by atomic mass is 10.2. The lowest BCUT2D eigenvalue weighted by Crippen LogP contribution is -2.42. The van der Waals surface area contributed by atoms with E-state index in [9.17, 15) is 39.6 Å². The lowest BCUT2D eigenvalue weighted by molar-refractivity contribution is -0.140. The lowest BCUT2D eigenvalue weighted by Gasteiger charge is -2.15. The molecule has 0 aliphatic heterocycles. The third kappa shape index (κ3) is 5.63. The van der Waals surface area contributed by atoms with Gasteiger partial charge in [0.1, 0.15) is 0 Å². The number of carbonyl (C=O) groups is 1. The van der Waals surface area contributed by atoms with Gasteiger partial charge in [-0.3, -0.25) is 5.43 Å². The van der Waals surface area contributed by atoms with Crippen LogP contribution in [0.25, 0.3) is 0 Å². The van der Waals surface area contributed by atoms with Gasteiger partial charge in [-0.2, -0.15) is 26.3 Å². The van der Waals surface area contributed by atoms with Crippen molar-refractivity contribution < 1.29 is 39.6 Å². The van der Waals surface area contributed by atoms with E-state index in [1.807, 2.05) is 5.43 Å². The minimum absolute atomic E-state index is 0.393. The van der Waals surface area contributed by atoms with E-state index in [1.54, 1.807) is 5.43 Å². The number of urea groups is 1. The van der Waals surface area contributed by atoms with E-state index in [4.69, 9.17) is 11.6 Å². The molecular formula is C14H9ClF6N4O3S. The average Bonchev–Trinajstić information content (AvgIpc) is 2.58. The monoisotopic (exact) mass is 462 g/mol. The number of anilines is 1. The van der Waals surface area contributed by atoms with Crippen LogP contribution in [0.4, 0.5) is 37.0 Å². The Bertz CT molecular complexity index is 1030. The molecule has 0 saturated heterocycles. The van der Waals surface area contributed by atoms with Gasteiger partial charge in [0.2, 0.25) is 0 Å². The van der Waals surface area contributed by atoms with Crippen LogP contribution >= 0.6 is 11.6 Å². The zero-order valence-corrected chi connectivity index (χ0v) is 15.3. The number of alkyl halides is 6. The molecule has 0 aliphatic carbocycles. The number of sulfonamides is 1. The highest BCUT2D eigenvalue weighted by atomic mass is 35.5. The van der Waals surface area contributed by atoms with E-state index in [0.29, 0.717) is 24.4 Å². The van der Waals surface area contributed by atoms with Crippen LogP contribution in [-0.2, 0) is 22.4 Å². The molecule has 0 spiro atoms. The van der Waals surface area contributed by atoms with Gasteiger partial charge in [-0.05, 0) is 18.2 Å². The van der Waals surface area contributed by atoms with Gasteiger partial charge in [0.25, 0.3) is 10.0 Å². The molecule has 15 heteroatoms. The summed E-state index contributed by atoms with van der Waals surface area (Å²) in [5, 5.41) is -0.564. The van der Waals surface area contributed by atoms with E-state index < -0.39 is 55.3 Å². The topological polar surface area (TPSA) is 100 Å². The number of aromatic nitrogens is 1. The fourth-order valence-corrected chi connectivity index (χ4v) is 3.29. The van der Waals surface area contributed by atoms with Crippen LogP contribution in [0.3, 0.4) is 0 Å². The summed E-state index contributed by atoms with van der Waals surface area (Å²) in [5.41, 5.74) is 0.968. The zero-order chi connectivity index (χ0) is 22.0. The molecule has 1 aromatic carbocycles. The summed E-state index contributed by atoms with van der Waals surface area (Å²) in [5.74, 6) is -0.470. The predicted octanol–water partition coefficient (Wildman–Crippen LogP) is 3.79. The maximum atomic E-state index is 12.9. The summed E-state index contributed by atoms with van der Waals surface area (Å²) in [4.78, 5) is 13.8. The number of halogens is 7. The second-order valence-electron chi connectivity index (χ2n) is 5.23. The molecule has 2 rings (SSSR count). The molecule has 3 N–H and O–H groups in total. The molecule has 2 aromatic rings. The number of hydrazine groups is 1. The molecule has 0 radical (unpaired) electrons. The number of hydrogen-bond donors (Lipinski definition) is 3. The summed E-state index contributed by atoms with van der Waals surface area (Å²) in [7, 11) is -4.94. The van der Waals surface area contributed by atoms with Gasteiger partial charge in [-0.1, -0.05) is 23.7 Å². The minimum Gasteiger partial charge on any atom is -0.279 e. The fourth-order valence-electron chi connectivity index (χ4n) is 1.94. The molecule has 158 valence electrons. The molecule has 0 bridgehead atoms. The highest BCUT2D eigenvalue weighted by Crippen LogP contribution is 2.34. The van der Waals surface area contributed by atoms with Crippen LogP contribution in [-0.4, -0.2) is 19.4 Å². The fraction of sp³-hybridized carbons (Fsp3) is 0.143. The van der Waals surface area contributed by atoms with Crippen molar-refractivity contribution in [3.63, 3.8) is 0 Å². The minimum atomic E-state index is -5.00. The molecule has 1 heterocycles. The Morgan fingerprint density at radius 3 is 2.21 bits per heavy atom. The highest BCUT2D eigenvalue weighted by molar-refractivity contribution is 7.90. The molecule has 0 aliphatic rings. The number of amides is 2. The number of nitrogens with zero attached hydrogens (tertiary/aromatic N) is 1. The zero-order valence-electron chi connectivity index (χ0n) is 13.7. The van der Waals surface area contributed by atoms with Crippen molar-refractivity contribution in [1.82, 2.24) is 15.1 Å². The highest BCUT2D eigenvalue weighted by Gasteiger charge is 2.37. The van der Waals surface area contributed by atoms with Gasteiger partial charge in [-0.15, -0.1) is 0 Å². The second kappa shape index (κ2) is 7.94. The van der Waals surface area contributed by atoms with Crippen LogP contribution in [0.15, 0.2) is 41.4 Å². The van der Waals surface area contributed by atoms with Crippen LogP contribution in [0.1, 0.15) is 11.1 Å². The Labute approximate surface area is 164 Å². The van der Waals surface area contributed by atoms with Crippen molar-refractivity contribution in [3.8, 4) is 0 Å². The Kier molecular flexibility index (Phi) is 6.18. The van der Waals surface area contributed by atoms with Gasteiger partial charge in [0.05, 0.1) is 21.0 Å². The van der Waals surface area contributed by atoms with E-state index in [1.165, 1.54) is 4.72 Å². The molecule has 0 unspecified atom stereocenters. The van der Waals surface area contributed by atoms with E-state index in [0.717, 1.165) is 12.1 Å². The SMILES string of the molecule is O=C(NNc1ncc(C(F)(F)F)cc1Cl)NS(=O)(=O)c1ccccc1C(F)(F)F. The second-order valence-corrected chi connectivity index (χ2v) is 7.29. The quantitative estimate of drug-likeness (QED) is 0.474. The number of hydrogen-bond acceptors (Lipinski definition) is 5. The van der Waals surface area contributed by atoms with Crippen molar-refractivity contribution in [2.24, 2.45) is 0 Å². The van der Waals surface area contributed by atoms with Gasteiger partial charge in [-0.25, -0.2) is 28.3 Å². The molecule has 0 fully saturated rings. The summed E-state index contributed by atoms with van der Waals surface area (Å²) >= 11 is 5.58. The Morgan fingerprint density at radius 2 is 1.66 bits per heavy atom. The van der Waals surface area contributed by atoms with Crippen molar-refractivity contribution in [3.05, 3.63) is 52.7 Å². The Balaban J connectivity index is 2.12. The Hall–Kier alpha value is -2.74. The van der Waals surface area contributed by atoms with Gasteiger partial charge in [0.15, 0.2) is 5.82 Å². The molecule has 1 aromatic heterocycles. The first-order chi connectivity index (χ1) is 13.2. The van der Waals surface area contributed by atoms with Crippen molar-refractivity contribution >= 4 is 33.5 Å². The van der Waals surface area contributed by atoms with Crippen LogP contribution < -0.4 is 15.6 Å². The van der Waals surface area contributed by atoms with Gasteiger partial charge >= 0.3 is 18.4 Å². The summed E-state index contributed by atoms with van der Waals surface area (Å²) in [6.07, 6.45) is -9.33. The number of rotatable bonds is 4. The summed E-state index contributed by atoms with van der Waals surface area (Å²) < 4.78 is 102. The maximum absolute atomic E-state index is 12.9. The first kappa shape index (κ1) is 22.5. The number of benzene rings is 1. The average molecular weight is 463 g/mol. The standard InChI is InChI=1S/C14H9ClF6N4O3S/c15-9-5-7(13(16,17)18)6-22-11(9)23-24-12(26)25-29(27,28)10-4-2-1-3-8(10)14(19,20)21/h1-6H,(H,22,23)(H2,24,25,26). The third-order valence-corrected chi connectivity index (χ3v) is 4.85. The van der Waals surface area contributed by atoms with Crippen LogP contribution in [0, 0.1) is 0 Å². The molecule has 0 atom stereocenters. The van der Waals surface area contributed by atoms with Gasteiger partial charge in [0, 0.05) is 6.20 Å². The molecule has 2 amide bonds. The molecular weight excluding hydrogens is 454 g/mol. The summed E-state index contributed by atoms with van der Waals surface area (Å²) in [6, 6.07) is 2.08. The third-order valence-electron chi connectivity index (χ3n) is 3.17. The number of pyridine rings is 1. The first-order valence-electron chi connectivity index (χ1n) is 7.19. The van der Waals surface area contributed by atoms with E-state index in [-0.39, 0.29) is 0 Å². The van der Waals surface area contributed by atoms with E-state index in [2.05, 4.69) is 4.98 Å². The largest absolute Gasteiger partial charge is 0.417 e. The van der Waals surface area contributed by atoms with Crippen LogP contribution in [0.5, 0.6) is 0 Å². The Morgan fingerprint density at radius 1 is 1.03 bits per heavy atom. The van der Waals surface area contributed by atoms with Crippen molar-refractivity contribution in [1.29, 1.82) is 0 Å². The predicted molar refractivity (Wildman–Crippen MR) is 88.2 cm³/mol. The normalized spacial score (nSPS) is 12.4. The van der Waals surface area contributed by atoms with Crippen LogP contribution in [0.2, 0.25) is 5.02 Å². The number of carbonyl (C=O) groups excluding carboxylic acids is 1. The van der Waals surface area contributed by atoms with Crippen molar-refractivity contribution in [2.45, 2.75) is 17.2 Å². The van der Waals surface area contributed by atoms with Crippen molar-refractivity contribution in [2.75, 3.05) is 5.43 Å².